The van der Waals surface area contributed by atoms with Crippen LogP contribution in [-0.2, 0) is 4.74 Å². The number of nitrogens with zero attached hydrogens (tertiary/aromatic N) is 2. The molecule has 1 atom stereocenters. The first-order valence-corrected chi connectivity index (χ1v) is 9.45. The number of hydrogen-bond acceptors (Lipinski definition) is 4. The summed E-state index contributed by atoms with van der Waals surface area (Å²) >= 11 is 0. The zero-order valence-corrected chi connectivity index (χ0v) is 15.9. The molecule has 0 aliphatic carbocycles. The summed E-state index contributed by atoms with van der Waals surface area (Å²) < 4.78 is 5.58. The van der Waals surface area contributed by atoms with Gasteiger partial charge in [-0.1, -0.05) is 42.5 Å². The standard InChI is InChI=1S/C23H26N2O2/c1-24(2)19-10-7-18(8-11-19)23(25-13-15-27-16-14-25)22-20-6-4-3-5-17(20)9-12-21(22)26/h3-12,23,26H,13-16H2,1-2H3. The normalized spacial score (nSPS) is 16.4. The number of aromatic hydroxyl groups is 1. The molecule has 0 amide bonds. The summed E-state index contributed by atoms with van der Waals surface area (Å²) in [6.07, 6.45) is 0. The molecule has 1 unspecified atom stereocenters. The number of benzene rings is 3. The van der Waals surface area contributed by atoms with E-state index in [9.17, 15) is 5.11 Å². The van der Waals surface area contributed by atoms with Crippen molar-refractivity contribution in [3.05, 3.63) is 71.8 Å². The van der Waals surface area contributed by atoms with Gasteiger partial charge >= 0.3 is 0 Å². The number of phenolic OH excluding ortho intramolecular Hbond substituents is 1. The Labute approximate surface area is 160 Å². The summed E-state index contributed by atoms with van der Waals surface area (Å²) in [6.45, 7) is 3.14. The SMILES string of the molecule is CN(C)c1ccc(C(c2c(O)ccc3ccccc23)N2CCOCC2)cc1. The molecule has 0 aromatic heterocycles. The minimum absolute atomic E-state index is 0.00351. The van der Waals surface area contributed by atoms with Crippen molar-refractivity contribution in [1.29, 1.82) is 0 Å². The topological polar surface area (TPSA) is 35.9 Å². The first kappa shape index (κ1) is 17.8. The summed E-state index contributed by atoms with van der Waals surface area (Å²) in [5.41, 5.74) is 3.34. The molecule has 1 saturated heterocycles. The Bertz CT molecular complexity index is 915. The van der Waals surface area contributed by atoms with Crippen molar-refractivity contribution in [3.8, 4) is 5.75 Å². The van der Waals surface area contributed by atoms with Crippen LogP contribution < -0.4 is 4.90 Å². The molecule has 1 aliphatic rings. The van der Waals surface area contributed by atoms with Crippen LogP contribution in [0.3, 0.4) is 0 Å². The molecule has 0 spiro atoms. The summed E-state index contributed by atoms with van der Waals surface area (Å²) in [4.78, 5) is 4.51. The lowest BCUT2D eigenvalue weighted by Gasteiger charge is -2.36. The third kappa shape index (κ3) is 3.51. The smallest absolute Gasteiger partial charge is 0.121 e. The van der Waals surface area contributed by atoms with Gasteiger partial charge in [-0.25, -0.2) is 0 Å². The first-order chi connectivity index (χ1) is 13.1. The van der Waals surface area contributed by atoms with Crippen molar-refractivity contribution in [3.63, 3.8) is 0 Å². The highest BCUT2D eigenvalue weighted by Crippen LogP contribution is 2.39. The van der Waals surface area contributed by atoms with Crippen LogP contribution in [0, 0.1) is 0 Å². The first-order valence-electron chi connectivity index (χ1n) is 9.45. The maximum absolute atomic E-state index is 10.8. The van der Waals surface area contributed by atoms with Gasteiger partial charge in [0.15, 0.2) is 0 Å². The van der Waals surface area contributed by atoms with Gasteiger partial charge in [-0.2, -0.15) is 0 Å². The van der Waals surface area contributed by atoms with Crippen molar-refractivity contribution in [1.82, 2.24) is 4.90 Å². The molecular weight excluding hydrogens is 336 g/mol. The molecule has 0 radical (unpaired) electrons. The lowest BCUT2D eigenvalue weighted by atomic mass is 9.91. The Hall–Kier alpha value is -2.56. The van der Waals surface area contributed by atoms with E-state index in [1.165, 1.54) is 11.3 Å². The van der Waals surface area contributed by atoms with E-state index in [4.69, 9.17) is 4.74 Å². The molecule has 0 bridgehead atoms. The molecular formula is C23H26N2O2. The third-order valence-electron chi connectivity index (χ3n) is 5.36. The number of phenols is 1. The number of rotatable bonds is 4. The average molecular weight is 362 g/mol. The Morgan fingerprint density at radius 1 is 0.926 bits per heavy atom. The highest BCUT2D eigenvalue weighted by atomic mass is 16.5. The maximum Gasteiger partial charge on any atom is 0.121 e. The van der Waals surface area contributed by atoms with Crippen molar-refractivity contribution in [2.24, 2.45) is 0 Å². The van der Waals surface area contributed by atoms with E-state index in [2.05, 4.69) is 46.2 Å². The lowest BCUT2D eigenvalue weighted by Crippen LogP contribution is -2.39. The molecule has 0 saturated carbocycles. The third-order valence-corrected chi connectivity index (χ3v) is 5.36. The molecule has 140 valence electrons. The number of hydrogen-bond donors (Lipinski definition) is 1. The van der Waals surface area contributed by atoms with Gasteiger partial charge in [0.05, 0.1) is 19.3 Å². The molecule has 4 nitrogen and oxygen atoms in total. The fourth-order valence-electron chi connectivity index (χ4n) is 3.92. The van der Waals surface area contributed by atoms with Gasteiger partial charge in [-0.3, -0.25) is 4.90 Å². The van der Waals surface area contributed by atoms with Crippen LogP contribution in [0.25, 0.3) is 10.8 Å². The zero-order chi connectivity index (χ0) is 18.8. The number of ether oxygens (including phenoxy) is 1. The average Bonchev–Trinajstić information content (AvgIpc) is 2.71. The van der Waals surface area contributed by atoms with Crippen LogP contribution >= 0.6 is 0 Å². The van der Waals surface area contributed by atoms with Gasteiger partial charge in [0, 0.05) is 38.4 Å². The van der Waals surface area contributed by atoms with E-state index in [0.29, 0.717) is 5.75 Å². The number of fused-ring (bicyclic) bond motifs is 1. The summed E-state index contributed by atoms with van der Waals surface area (Å²) in [7, 11) is 4.09. The predicted octanol–water partition coefficient (Wildman–Crippen LogP) is 4.03. The monoisotopic (exact) mass is 362 g/mol. The lowest BCUT2D eigenvalue weighted by molar-refractivity contribution is 0.0238. The minimum Gasteiger partial charge on any atom is -0.508 e. The van der Waals surface area contributed by atoms with Gasteiger partial charge in [0.1, 0.15) is 5.75 Å². The zero-order valence-electron chi connectivity index (χ0n) is 15.9. The van der Waals surface area contributed by atoms with Gasteiger partial charge < -0.3 is 14.7 Å². The van der Waals surface area contributed by atoms with Crippen LogP contribution in [0.5, 0.6) is 5.75 Å². The Morgan fingerprint density at radius 2 is 1.63 bits per heavy atom. The molecule has 4 heteroatoms. The molecule has 3 aromatic carbocycles. The Morgan fingerprint density at radius 3 is 2.33 bits per heavy atom. The van der Waals surface area contributed by atoms with Gasteiger partial charge in [-0.05, 0) is 34.5 Å². The van der Waals surface area contributed by atoms with E-state index in [1.807, 2.05) is 38.4 Å². The van der Waals surface area contributed by atoms with E-state index >= 15 is 0 Å². The van der Waals surface area contributed by atoms with E-state index in [1.54, 1.807) is 0 Å². The molecule has 3 aromatic rings. The molecule has 1 heterocycles. The van der Waals surface area contributed by atoms with Gasteiger partial charge in [-0.15, -0.1) is 0 Å². The summed E-state index contributed by atoms with van der Waals surface area (Å²) in [5.74, 6) is 0.349. The van der Waals surface area contributed by atoms with Gasteiger partial charge in [0.2, 0.25) is 0 Å². The Kier molecular flexibility index (Phi) is 5.01. The highest BCUT2D eigenvalue weighted by Gasteiger charge is 2.28. The van der Waals surface area contributed by atoms with Crippen LogP contribution in [0.4, 0.5) is 5.69 Å². The number of morpholine rings is 1. The molecule has 27 heavy (non-hydrogen) atoms. The summed E-state index contributed by atoms with van der Waals surface area (Å²) in [6, 6.07) is 20.7. The summed E-state index contributed by atoms with van der Waals surface area (Å²) in [5, 5.41) is 13.1. The van der Waals surface area contributed by atoms with Crippen LogP contribution in [-0.4, -0.2) is 50.4 Å². The van der Waals surface area contributed by atoms with Gasteiger partial charge in [0.25, 0.3) is 0 Å². The van der Waals surface area contributed by atoms with Crippen molar-refractivity contribution in [2.75, 3.05) is 45.3 Å². The molecule has 1 fully saturated rings. The predicted molar refractivity (Wildman–Crippen MR) is 111 cm³/mol. The second kappa shape index (κ2) is 7.59. The van der Waals surface area contributed by atoms with Crippen molar-refractivity contribution >= 4 is 16.5 Å². The molecule has 1 aliphatic heterocycles. The van der Waals surface area contributed by atoms with Crippen LogP contribution in [0.1, 0.15) is 17.2 Å². The fraction of sp³-hybridized carbons (Fsp3) is 0.304. The van der Waals surface area contributed by atoms with E-state index in [-0.39, 0.29) is 6.04 Å². The van der Waals surface area contributed by atoms with E-state index in [0.717, 1.165) is 42.6 Å². The van der Waals surface area contributed by atoms with Crippen molar-refractivity contribution in [2.45, 2.75) is 6.04 Å². The Balaban J connectivity index is 1.87. The van der Waals surface area contributed by atoms with Crippen LogP contribution in [0.2, 0.25) is 0 Å². The second-order valence-corrected chi connectivity index (χ2v) is 7.26. The van der Waals surface area contributed by atoms with Crippen molar-refractivity contribution < 1.29 is 9.84 Å². The quantitative estimate of drug-likeness (QED) is 0.760. The largest absolute Gasteiger partial charge is 0.508 e. The maximum atomic E-state index is 10.8. The fourth-order valence-corrected chi connectivity index (χ4v) is 3.92. The molecule has 1 N–H and O–H groups in total. The highest BCUT2D eigenvalue weighted by molar-refractivity contribution is 5.88. The molecule has 4 rings (SSSR count). The number of anilines is 1. The second-order valence-electron chi connectivity index (χ2n) is 7.26. The van der Waals surface area contributed by atoms with Crippen LogP contribution in [0.15, 0.2) is 60.7 Å². The van der Waals surface area contributed by atoms with E-state index < -0.39 is 0 Å². The minimum atomic E-state index is -0.00351.